The van der Waals surface area contributed by atoms with Gasteiger partial charge in [-0.05, 0) is 6.54 Å². The lowest BCUT2D eigenvalue weighted by Gasteiger charge is -2.40. The number of amides is 1. The highest BCUT2D eigenvalue weighted by Crippen LogP contribution is 2.22. The molecule has 6 nitrogen and oxygen atoms in total. The maximum absolute atomic E-state index is 11.9. The summed E-state index contributed by atoms with van der Waals surface area (Å²) in [5.74, 6) is 0.969. The Labute approximate surface area is 107 Å². The number of hydrogen-bond acceptors (Lipinski definition) is 4. The molecular weight excluding hydrogens is 232 g/mol. The van der Waals surface area contributed by atoms with Gasteiger partial charge in [0, 0.05) is 39.1 Å². The summed E-state index contributed by atoms with van der Waals surface area (Å²) in [5.41, 5.74) is 0. The van der Waals surface area contributed by atoms with Gasteiger partial charge in [0.15, 0.2) is 0 Å². The zero-order valence-electron chi connectivity index (χ0n) is 10.9. The highest BCUT2D eigenvalue weighted by Gasteiger charge is 2.30. The summed E-state index contributed by atoms with van der Waals surface area (Å²) < 4.78 is 4.91. The fourth-order valence-corrected chi connectivity index (χ4v) is 2.36. The molecule has 1 aromatic heterocycles. The average molecular weight is 252 g/mol. The van der Waals surface area contributed by atoms with Crippen LogP contribution in [-0.2, 0) is 9.53 Å². The quantitative estimate of drug-likeness (QED) is 0.835. The minimum absolute atomic E-state index is 0.0461. The predicted octanol–water partition coefficient (Wildman–Crippen LogP) is 0.261. The van der Waals surface area contributed by atoms with Crippen LogP contribution in [0.2, 0.25) is 0 Å². The molecule has 2 rings (SSSR count). The van der Waals surface area contributed by atoms with Gasteiger partial charge >= 0.3 is 0 Å². The summed E-state index contributed by atoms with van der Waals surface area (Å²) in [6.45, 7) is 5.53. The van der Waals surface area contributed by atoms with Crippen molar-refractivity contribution in [2.24, 2.45) is 0 Å². The van der Waals surface area contributed by atoms with Crippen molar-refractivity contribution < 1.29 is 9.53 Å². The largest absolute Gasteiger partial charge is 0.375 e. The first kappa shape index (κ1) is 13.0. The normalized spacial score (nSPS) is 21.2. The molecule has 1 aliphatic rings. The Hall–Kier alpha value is -1.40. The molecule has 1 fully saturated rings. The molecule has 0 radical (unpaired) electrons. The number of nitrogens with zero attached hydrogens (tertiary/aromatic N) is 3. The number of rotatable bonds is 4. The van der Waals surface area contributed by atoms with Crippen LogP contribution >= 0.6 is 0 Å². The molecule has 18 heavy (non-hydrogen) atoms. The van der Waals surface area contributed by atoms with E-state index in [9.17, 15) is 4.79 Å². The number of carbonyl (C=O) groups excluding carboxylic acids is 1. The molecule has 1 amide bonds. The third-order valence-corrected chi connectivity index (χ3v) is 3.35. The monoisotopic (exact) mass is 252 g/mol. The van der Waals surface area contributed by atoms with E-state index in [1.807, 2.05) is 11.1 Å². The van der Waals surface area contributed by atoms with Gasteiger partial charge in [0.25, 0.3) is 0 Å². The van der Waals surface area contributed by atoms with E-state index in [1.54, 1.807) is 13.3 Å². The van der Waals surface area contributed by atoms with Gasteiger partial charge in [-0.2, -0.15) is 0 Å². The summed E-state index contributed by atoms with van der Waals surface area (Å²) in [4.78, 5) is 23.5. The molecule has 2 heterocycles. The van der Waals surface area contributed by atoms with E-state index in [1.165, 1.54) is 0 Å². The van der Waals surface area contributed by atoms with Gasteiger partial charge in [-0.3, -0.25) is 9.69 Å². The van der Waals surface area contributed by atoms with E-state index in [2.05, 4.69) is 21.8 Å². The number of aromatic amines is 1. The number of aromatic nitrogens is 2. The van der Waals surface area contributed by atoms with Crippen molar-refractivity contribution in [2.75, 3.05) is 39.9 Å². The number of H-pyrrole nitrogens is 1. The van der Waals surface area contributed by atoms with Crippen molar-refractivity contribution in [3.63, 3.8) is 0 Å². The van der Waals surface area contributed by atoms with E-state index in [-0.39, 0.29) is 18.6 Å². The molecular formula is C12H20N4O2. The SMILES string of the molecule is CCN1CCN(C(=O)COC)CC1c1ncc[nH]1. The third-order valence-electron chi connectivity index (χ3n) is 3.35. The first-order valence-electron chi connectivity index (χ1n) is 6.26. The molecule has 1 atom stereocenters. The molecule has 0 saturated carbocycles. The predicted molar refractivity (Wildman–Crippen MR) is 67.0 cm³/mol. The lowest BCUT2D eigenvalue weighted by atomic mass is 10.1. The van der Waals surface area contributed by atoms with Crippen LogP contribution in [-0.4, -0.2) is 65.6 Å². The molecule has 1 saturated heterocycles. The summed E-state index contributed by atoms with van der Waals surface area (Å²) in [5, 5.41) is 0. The van der Waals surface area contributed by atoms with Crippen LogP contribution in [0.4, 0.5) is 0 Å². The highest BCUT2D eigenvalue weighted by atomic mass is 16.5. The molecule has 1 aromatic rings. The van der Waals surface area contributed by atoms with Crippen LogP contribution in [0, 0.1) is 0 Å². The molecule has 0 bridgehead atoms. The zero-order valence-corrected chi connectivity index (χ0v) is 10.9. The standard InChI is InChI=1S/C12H20N4O2/c1-3-15-6-7-16(11(17)9-18-2)8-10(15)12-13-4-5-14-12/h4-5,10H,3,6-9H2,1-2H3,(H,13,14). The number of piperazine rings is 1. The van der Waals surface area contributed by atoms with Crippen LogP contribution in [0.3, 0.4) is 0 Å². The molecule has 1 aliphatic heterocycles. The van der Waals surface area contributed by atoms with E-state index < -0.39 is 0 Å². The first-order chi connectivity index (χ1) is 8.76. The number of methoxy groups -OCH3 is 1. The lowest BCUT2D eigenvalue weighted by Crippen LogP contribution is -2.51. The van der Waals surface area contributed by atoms with Gasteiger partial charge in [0.05, 0.1) is 6.04 Å². The Morgan fingerprint density at radius 3 is 3.06 bits per heavy atom. The second-order valence-corrected chi connectivity index (χ2v) is 4.39. The molecule has 1 N–H and O–H groups in total. The molecule has 1 unspecified atom stereocenters. The lowest BCUT2D eigenvalue weighted by molar-refractivity contribution is -0.138. The van der Waals surface area contributed by atoms with Crippen LogP contribution in [0.1, 0.15) is 18.8 Å². The third kappa shape index (κ3) is 2.70. The smallest absolute Gasteiger partial charge is 0.248 e. The van der Waals surface area contributed by atoms with Crippen molar-refractivity contribution in [3.05, 3.63) is 18.2 Å². The number of hydrogen-bond donors (Lipinski definition) is 1. The average Bonchev–Trinajstić information content (AvgIpc) is 2.92. The van der Waals surface area contributed by atoms with Gasteiger partial charge in [0.1, 0.15) is 12.4 Å². The zero-order chi connectivity index (χ0) is 13.0. The fourth-order valence-electron chi connectivity index (χ4n) is 2.36. The van der Waals surface area contributed by atoms with E-state index in [0.717, 1.165) is 25.5 Å². The second-order valence-electron chi connectivity index (χ2n) is 4.39. The molecule has 0 aromatic carbocycles. The number of imidazole rings is 1. The molecule has 6 heteroatoms. The molecule has 0 aliphatic carbocycles. The van der Waals surface area contributed by atoms with Crippen molar-refractivity contribution in [1.82, 2.24) is 19.8 Å². The van der Waals surface area contributed by atoms with Crippen molar-refractivity contribution in [2.45, 2.75) is 13.0 Å². The Kier molecular flexibility index (Phi) is 4.33. The maximum Gasteiger partial charge on any atom is 0.248 e. The number of ether oxygens (including phenoxy) is 1. The van der Waals surface area contributed by atoms with Gasteiger partial charge in [-0.25, -0.2) is 4.98 Å². The van der Waals surface area contributed by atoms with Gasteiger partial charge < -0.3 is 14.6 Å². The Morgan fingerprint density at radius 1 is 1.61 bits per heavy atom. The minimum atomic E-state index is 0.0461. The first-order valence-corrected chi connectivity index (χ1v) is 6.26. The number of likely N-dealkylation sites (N-methyl/N-ethyl adjacent to an activating group) is 1. The van der Waals surface area contributed by atoms with Crippen LogP contribution in [0.25, 0.3) is 0 Å². The molecule has 0 spiro atoms. The van der Waals surface area contributed by atoms with Crippen LogP contribution in [0.15, 0.2) is 12.4 Å². The van der Waals surface area contributed by atoms with Crippen molar-refractivity contribution in [3.8, 4) is 0 Å². The van der Waals surface area contributed by atoms with Gasteiger partial charge in [-0.1, -0.05) is 6.92 Å². The van der Waals surface area contributed by atoms with Gasteiger partial charge in [0.2, 0.25) is 5.91 Å². The summed E-state index contributed by atoms with van der Waals surface area (Å²) in [7, 11) is 1.55. The highest BCUT2D eigenvalue weighted by molar-refractivity contribution is 5.77. The minimum Gasteiger partial charge on any atom is -0.375 e. The van der Waals surface area contributed by atoms with E-state index >= 15 is 0 Å². The Morgan fingerprint density at radius 2 is 2.44 bits per heavy atom. The Bertz CT molecular complexity index is 379. The summed E-state index contributed by atoms with van der Waals surface area (Å²) >= 11 is 0. The van der Waals surface area contributed by atoms with Crippen molar-refractivity contribution >= 4 is 5.91 Å². The summed E-state index contributed by atoms with van der Waals surface area (Å²) in [6.07, 6.45) is 3.57. The number of carbonyl (C=O) groups is 1. The second kappa shape index (κ2) is 5.97. The Balaban J connectivity index is 2.07. The van der Waals surface area contributed by atoms with E-state index in [0.29, 0.717) is 6.54 Å². The van der Waals surface area contributed by atoms with Gasteiger partial charge in [-0.15, -0.1) is 0 Å². The number of nitrogens with one attached hydrogen (secondary N) is 1. The van der Waals surface area contributed by atoms with Crippen LogP contribution < -0.4 is 0 Å². The van der Waals surface area contributed by atoms with E-state index in [4.69, 9.17) is 4.74 Å². The summed E-state index contributed by atoms with van der Waals surface area (Å²) in [6, 6.07) is 0.152. The maximum atomic E-state index is 11.9. The topological polar surface area (TPSA) is 61.5 Å². The van der Waals surface area contributed by atoms with Crippen LogP contribution in [0.5, 0.6) is 0 Å². The van der Waals surface area contributed by atoms with Crippen molar-refractivity contribution in [1.29, 1.82) is 0 Å². The molecule has 100 valence electrons. The fraction of sp³-hybridized carbons (Fsp3) is 0.667.